The highest BCUT2D eigenvalue weighted by Crippen LogP contribution is 2.59. The van der Waals surface area contributed by atoms with Crippen LogP contribution in [-0.4, -0.2) is 55.2 Å². The van der Waals surface area contributed by atoms with Gasteiger partial charge in [-0.15, -0.1) is 0 Å². The van der Waals surface area contributed by atoms with E-state index in [2.05, 4.69) is 32.2 Å². The molecule has 2 saturated heterocycles. The van der Waals surface area contributed by atoms with Crippen LogP contribution in [0, 0.1) is 5.92 Å². The van der Waals surface area contributed by atoms with Gasteiger partial charge in [0.15, 0.2) is 0 Å². The Bertz CT molecular complexity index is 911. The zero-order valence-electron chi connectivity index (χ0n) is 19.7. The number of nitrogens with two attached hydrogens (primary N) is 1. The van der Waals surface area contributed by atoms with Gasteiger partial charge in [-0.25, -0.2) is 4.79 Å². The number of hydrogen-bond acceptors (Lipinski definition) is 6. The zero-order chi connectivity index (χ0) is 23.8. The van der Waals surface area contributed by atoms with Crippen molar-refractivity contribution >= 4 is 12.0 Å². The summed E-state index contributed by atoms with van der Waals surface area (Å²) in [5, 5.41) is 2.61. The Morgan fingerprint density at radius 3 is 2.58 bits per heavy atom. The highest BCUT2D eigenvalue weighted by atomic mass is 16.6. The molecule has 0 aromatic heterocycles. The molecule has 3 N–H and O–H groups in total. The lowest BCUT2D eigenvalue weighted by Gasteiger charge is -2.42. The Morgan fingerprint density at radius 2 is 2.00 bits per heavy atom. The number of primary amides is 1. The highest BCUT2D eigenvalue weighted by Gasteiger charge is 2.72. The van der Waals surface area contributed by atoms with Crippen molar-refractivity contribution in [2.75, 3.05) is 13.7 Å². The Labute approximate surface area is 194 Å². The molecule has 2 amide bonds. The summed E-state index contributed by atoms with van der Waals surface area (Å²) >= 11 is 0. The minimum absolute atomic E-state index is 0.0704. The first-order chi connectivity index (χ1) is 15.7. The van der Waals surface area contributed by atoms with Gasteiger partial charge in [-0.05, 0) is 45.6 Å². The molecule has 0 bridgehead atoms. The molecule has 7 atom stereocenters. The number of nitrogens with one attached hydrogen (secondary N) is 1. The first-order valence-corrected chi connectivity index (χ1v) is 11.5. The van der Waals surface area contributed by atoms with E-state index in [0.717, 1.165) is 12.8 Å². The van der Waals surface area contributed by atoms with Crippen LogP contribution >= 0.6 is 0 Å². The van der Waals surface area contributed by atoms with Crippen molar-refractivity contribution < 1.29 is 28.5 Å². The summed E-state index contributed by atoms with van der Waals surface area (Å²) in [7, 11) is 1.63. The molecule has 1 aromatic rings. The summed E-state index contributed by atoms with van der Waals surface area (Å²) in [6.07, 6.45) is 2.83. The topological polar surface area (TPSA) is 116 Å². The van der Waals surface area contributed by atoms with Crippen LogP contribution in [0.3, 0.4) is 0 Å². The second-order valence-corrected chi connectivity index (χ2v) is 9.71. The van der Waals surface area contributed by atoms with Gasteiger partial charge in [0.05, 0.1) is 18.6 Å². The molecule has 2 heterocycles. The van der Waals surface area contributed by atoms with Gasteiger partial charge in [0.2, 0.25) is 5.91 Å². The summed E-state index contributed by atoms with van der Waals surface area (Å²) in [6, 6.07) is 7.87. The fourth-order valence-electron chi connectivity index (χ4n) is 5.32. The summed E-state index contributed by atoms with van der Waals surface area (Å²) in [5.41, 5.74) is 6.66. The SMILES string of the molecule is COC1[C@H](OC(=O)N[C@@H](C(N)=O)c2ccccc2)CC[C@]2(CO2)[C@H]1[C@@]1(C)O[C@@H]1CC=C(C)C. The molecule has 8 heteroatoms. The minimum atomic E-state index is -0.977. The van der Waals surface area contributed by atoms with Gasteiger partial charge in [-0.1, -0.05) is 42.0 Å². The lowest BCUT2D eigenvalue weighted by Crippen LogP contribution is -2.56. The number of methoxy groups -OCH3 is 1. The van der Waals surface area contributed by atoms with E-state index in [1.165, 1.54) is 5.57 Å². The van der Waals surface area contributed by atoms with Gasteiger partial charge in [-0.2, -0.15) is 0 Å². The quantitative estimate of drug-likeness (QED) is 0.457. The third-order valence-corrected chi connectivity index (χ3v) is 7.18. The number of carbonyl (C=O) groups is 2. The van der Waals surface area contributed by atoms with Crippen molar-refractivity contribution in [3.63, 3.8) is 0 Å². The second kappa shape index (κ2) is 9.08. The van der Waals surface area contributed by atoms with E-state index in [-0.39, 0.29) is 17.6 Å². The number of alkyl carbamates (subject to hydrolysis) is 1. The number of allylic oxidation sites excluding steroid dienone is 1. The second-order valence-electron chi connectivity index (χ2n) is 9.71. The van der Waals surface area contributed by atoms with Crippen LogP contribution in [-0.2, 0) is 23.7 Å². The van der Waals surface area contributed by atoms with Crippen molar-refractivity contribution in [3.8, 4) is 0 Å². The minimum Gasteiger partial charge on any atom is -0.443 e. The van der Waals surface area contributed by atoms with Crippen LogP contribution < -0.4 is 11.1 Å². The number of hydrogen-bond donors (Lipinski definition) is 2. The third-order valence-electron chi connectivity index (χ3n) is 7.18. The molecule has 33 heavy (non-hydrogen) atoms. The number of epoxide rings is 2. The van der Waals surface area contributed by atoms with Crippen LogP contribution in [0.25, 0.3) is 0 Å². The summed E-state index contributed by atoms with van der Waals surface area (Å²) in [5.74, 6) is -0.729. The number of rotatable bonds is 8. The van der Waals surface area contributed by atoms with Crippen molar-refractivity contribution in [2.24, 2.45) is 11.7 Å². The van der Waals surface area contributed by atoms with Crippen molar-refractivity contribution in [2.45, 2.75) is 75.6 Å². The lowest BCUT2D eigenvalue weighted by molar-refractivity contribution is -0.122. The van der Waals surface area contributed by atoms with Crippen LogP contribution in [0.1, 0.15) is 51.6 Å². The van der Waals surface area contributed by atoms with Gasteiger partial charge < -0.3 is 30.0 Å². The van der Waals surface area contributed by atoms with E-state index in [0.29, 0.717) is 18.6 Å². The van der Waals surface area contributed by atoms with E-state index >= 15 is 0 Å². The molecule has 8 nitrogen and oxygen atoms in total. The van der Waals surface area contributed by atoms with Crippen molar-refractivity contribution in [1.29, 1.82) is 0 Å². The standard InChI is InChI=1S/C25H34N2O6/c1-15(2)10-11-18-24(3,33-18)21-20(30-4)17(12-13-25(21)14-31-25)32-23(29)27-19(22(26)28)16-8-6-5-7-9-16/h5-10,17-21H,11-14H2,1-4H3,(H2,26,28)(H,27,29)/t17-,18-,19-,20?,21-,24+,25+/m1/s1. The van der Waals surface area contributed by atoms with Crippen LogP contribution in [0.2, 0.25) is 0 Å². The third kappa shape index (κ3) is 4.78. The Balaban J connectivity index is 1.47. The van der Waals surface area contributed by atoms with Crippen LogP contribution in [0.15, 0.2) is 42.0 Å². The van der Waals surface area contributed by atoms with Gasteiger partial charge in [0.25, 0.3) is 0 Å². The van der Waals surface area contributed by atoms with Gasteiger partial charge in [0.1, 0.15) is 29.5 Å². The highest BCUT2D eigenvalue weighted by molar-refractivity contribution is 5.85. The fraction of sp³-hybridized carbons (Fsp3) is 0.600. The Kier molecular flexibility index (Phi) is 6.53. The first-order valence-electron chi connectivity index (χ1n) is 11.5. The van der Waals surface area contributed by atoms with Gasteiger partial charge in [0, 0.05) is 7.11 Å². The smallest absolute Gasteiger partial charge is 0.408 e. The number of benzene rings is 1. The maximum absolute atomic E-state index is 12.8. The van der Waals surface area contributed by atoms with E-state index in [4.69, 9.17) is 24.7 Å². The molecule has 1 aromatic carbocycles. The van der Waals surface area contributed by atoms with Gasteiger partial charge >= 0.3 is 6.09 Å². The lowest BCUT2D eigenvalue weighted by atomic mass is 9.68. The molecule has 2 aliphatic heterocycles. The van der Waals surface area contributed by atoms with Crippen LogP contribution in [0.4, 0.5) is 4.79 Å². The summed E-state index contributed by atoms with van der Waals surface area (Å²) in [6.45, 7) is 6.89. The predicted molar refractivity (Wildman–Crippen MR) is 121 cm³/mol. The molecule has 0 radical (unpaired) electrons. The molecular formula is C25H34N2O6. The molecule has 3 fully saturated rings. The normalized spacial score (nSPS) is 35.4. The van der Waals surface area contributed by atoms with Crippen molar-refractivity contribution in [3.05, 3.63) is 47.5 Å². The molecule has 1 saturated carbocycles. The maximum atomic E-state index is 12.8. The summed E-state index contributed by atoms with van der Waals surface area (Å²) in [4.78, 5) is 24.8. The predicted octanol–water partition coefficient (Wildman–Crippen LogP) is 3.02. The number of carbonyl (C=O) groups excluding carboxylic acids is 2. The molecule has 1 spiro atoms. The molecule has 3 aliphatic rings. The monoisotopic (exact) mass is 458 g/mol. The average molecular weight is 459 g/mol. The van der Waals surface area contributed by atoms with Crippen molar-refractivity contribution in [1.82, 2.24) is 5.32 Å². The molecule has 1 aliphatic carbocycles. The largest absolute Gasteiger partial charge is 0.443 e. The Morgan fingerprint density at radius 1 is 1.30 bits per heavy atom. The number of ether oxygens (including phenoxy) is 4. The summed E-state index contributed by atoms with van der Waals surface area (Å²) < 4.78 is 23.8. The Hall–Kier alpha value is -2.42. The number of amides is 2. The molecule has 1 unspecified atom stereocenters. The molecule has 4 rings (SSSR count). The first kappa shape index (κ1) is 23.7. The fourth-order valence-corrected chi connectivity index (χ4v) is 5.32. The van der Waals surface area contributed by atoms with E-state index < -0.39 is 35.9 Å². The van der Waals surface area contributed by atoms with E-state index in [9.17, 15) is 9.59 Å². The maximum Gasteiger partial charge on any atom is 0.408 e. The molecular weight excluding hydrogens is 424 g/mol. The zero-order valence-corrected chi connectivity index (χ0v) is 19.7. The molecule has 180 valence electrons. The van der Waals surface area contributed by atoms with E-state index in [1.807, 2.05) is 6.07 Å². The van der Waals surface area contributed by atoms with Gasteiger partial charge in [-0.3, -0.25) is 4.79 Å². The average Bonchev–Trinajstić information content (AvgIpc) is 3.69. The van der Waals surface area contributed by atoms with Crippen LogP contribution in [0.5, 0.6) is 0 Å². The van der Waals surface area contributed by atoms with E-state index in [1.54, 1.807) is 31.4 Å².